The van der Waals surface area contributed by atoms with Gasteiger partial charge < -0.3 is 4.74 Å². The van der Waals surface area contributed by atoms with E-state index in [2.05, 4.69) is 0 Å². The van der Waals surface area contributed by atoms with Gasteiger partial charge in [0.1, 0.15) is 0 Å². The largest absolute Gasteiger partial charge is 0.433 e. The third kappa shape index (κ3) is 3.30. The molecule has 2 fully saturated rings. The lowest BCUT2D eigenvalue weighted by molar-refractivity contribution is -0.149. The Morgan fingerprint density at radius 3 is 1.57 bits per heavy atom. The van der Waals surface area contributed by atoms with Gasteiger partial charge in [-0.25, -0.2) is 19.7 Å². The summed E-state index contributed by atoms with van der Waals surface area (Å²) in [7, 11) is 0. The molecule has 0 bridgehead atoms. The van der Waals surface area contributed by atoms with Gasteiger partial charge in [0.2, 0.25) is 6.04 Å². The first-order chi connectivity index (χ1) is 14.3. The van der Waals surface area contributed by atoms with Gasteiger partial charge in [0, 0.05) is 0 Å². The van der Waals surface area contributed by atoms with Crippen molar-refractivity contribution in [2.24, 2.45) is 0 Å². The van der Waals surface area contributed by atoms with Crippen molar-refractivity contribution >= 4 is 23.8 Å². The quantitative estimate of drug-likeness (QED) is 0.709. The SMILES string of the molecule is CC1(C)OC(=O)N(C2C(=O)N(Cc3ccccc3)N(Cc3ccccc3)C2=O)C1=O. The van der Waals surface area contributed by atoms with Gasteiger partial charge in [-0.15, -0.1) is 0 Å². The maximum atomic E-state index is 13.3. The molecule has 0 atom stereocenters. The molecule has 0 aliphatic carbocycles. The van der Waals surface area contributed by atoms with Gasteiger partial charge >= 0.3 is 6.09 Å². The van der Waals surface area contributed by atoms with Gasteiger partial charge in [0.15, 0.2) is 5.60 Å². The predicted molar refractivity (Wildman–Crippen MR) is 105 cm³/mol. The van der Waals surface area contributed by atoms with Gasteiger partial charge in [0.25, 0.3) is 17.7 Å². The zero-order valence-electron chi connectivity index (χ0n) is 16.6. The number of carbonyl (C=O) groups excluding carboxylic acids is 4. The number of benzene rings is 2. The highest BCUT2D eigenvalue weighted by molar-refractivity contribution is 6.16. The Hall–Kier alpha value is -3.68. The van der Waals surface area contributed by atoms with Crippen LogP contribution < -0.4 is 0 Å². The summed E-state index contributed by atoms with van der Waals surface area (Å²) < 4.78 is 5.09. The van der Waals surface area contributed by atoms with Crippen LogP contribution >= 0.6 is 0 Å². The number of hydrazine groups is 1. The molecule has 2 heterocycles. The van der Waals surface area contributed by atoms with Crippen LogP contribution in [-0.4, -0.2) is 50.4 Å². The molecule has 4 rings (SSSR count). The molecule has 0 radical (unpaired) electrons. The Labute approximate surface area is 173 Å². The van der Waals surface area contributed by atoms with Crippen LogP contribution in [-0.2, 0) is 32.2 Å². The number of carbonyl (C=O) groups is 4. The van der Waals surface area contributed by atoms with Crippen molar-refractivity contribution in [1.29, 1.82) is 0 Å². The summed E-state index contributed by atoms with van der Waals surface area (Å²) in [6.45, 7) is 3.13. The Balaban J connectivity index is 1.69. The minimum absolute atomic E-state index is 0.134. The smallest absolute Gasteiger partial charge is 0.418 e. The Morgan fingerprint density at radius 2 is 1.20 bits per heavy atom. The maximum Gasteiger partial charge on any atom is 0.418 e. The number of hydrogen-bond acceptors (Lipinski definition) is 5. The molecular weight excluding hydrogens is 386 g/mol. The van der Waals surface area contributed by atoms with Crippen molar-refractivity contribution in [2.45, 2.75) is 38.6 Å². The molecule has 2 aliphatic rings. The van der Waals surface area contributed by atoms with E-state index in [1.165, 1.54) is 23.9 Å². The molecule has 2 aliphatic heterocycles. The van der Waals surface area contributed by atoms with Crippen LogP contribution in [0.2, 0.25) is 0 Å². The molecule has 8 heteroatoms. The number of ether oxygens (including phenoxy) is 1. The van der Waals surface area contributed by atoms with Crippen molar-refractivity contribution in [2.75, 3.05) is 0 Å². The monoisotopic (exact) mass is 407 g/mol. The molecule has 4 amide bonds. The molecule has 0 saturated carbocycles. The Kier molecular flexibility index (Phi) is 4.77. The van der Waals surface area contributed by atoms with Gasteiger partial charge in [-0.2, -0.15) is 0 Å². The lowest BCUT2D eigenvalue weighted by Gasteiger charge is -2.27. The number of hydrogen-bond donors (Lipinski definition) is 0. The zero-order valence-corrected chi connectivity index (χ0v) is 16.6. The highest BCUT2D eigenvalue weighted by Crippen LogP contribution is 2.31. The fraction of sp³-hybridized carbons (Fsp3) is 0.273. The predicted octanol–water partition coefficient (Wildman–Crippen LogP) is 2.10. The van der Waals surface area contributed by atoms with E-state index in [0.717, 1.165) is 11.1 Å². The summed E-state index contributed by atoms with van der Waals surface area (Å²) >= 11 is 0. The number of imide groups is 1. The first-order valence-corrected chi connectivity index (χ1v) is 9.57. The molecule has 0 N–H and O–H groups in total. The third-order valence-corrected chi connectivity index (χ3v) is 5.15. The summed E-state index contributed by atoms with van der Waals surface area (Å²) in [5.74, 6) is -1.98. The van der Waals surface area contributed by atoms with E-state index in [0.29, 0.717) is 4.90 Å². The minimum atomic E-state index is -1.57. The van der Waals surface area contributed by atoms with Crippen LogP contribution in [0.15, 0.2) is 60.7 Å². The van der Waals surface area contributed by atoms with E-state index in [-0.39, 0.29) is 13.1 Å². The Bertz CT molecular complexity index is 946. The van der Waals surface area contributed by atoms with E-state index < -0.39 is 35.5 Å². The van der Waals surface area contributed by atoms with Gasteiger partial charge in [-0.3, -0.25) is 14.4 Å². The van der Waals surface area contributed by atoms with Crippen LogP contribution in [0.5, 0.6) is 0 Å². The fourth-order valence-electron chi connectivity index (χ4n) is 3.59. The van der Waals surface area contributed by atoms with E-state index in [4.69, 9.17) is 4.74 Å². The topological polar surface area (TPSA) is 87.2 Å². The van der Waals surface area contributed by atoms with E-state index in [9.17, 15) is 19.2 Å². The average Bonchev–Trinajstić information content (AvgIpc) is 3.06. The molecule has 0 aromatic heterocycles. The normalized spacial score (nSPS) is 19.1. The molecule has 0 spiro atoms. The zero-order chi connectivity index (χ0) is 21.5. The van der Waals surface area contributed by atoms with Crippen molar-refractivity contribution in [3.63, 3.8) is 0 Å². The lowest BCUT2D eigenvalue weighted by Crippen LogP contribution is -2.49. The van der Waals surface area contributed by atoms with Crippen LogP contribution in [0.25, 0.3) is 0 Å². The van der Waals surface area contributed by atoms with Crippen molar-refractivity contribution in [1.82, 2.24) is 14.9 Å². The third-order valence-electron chi connectivity index (χ3n) is 5.15. The minimum Gasteiger partial charge on any atom is -0.433 e. The summed E-state index contributed by atoms with van der Waals surface area (Å²) in [6.07, 6.45) is -0.988. The van der Waals surface area contributed by atoms with Crippen LogP contribution in [0.1, 0.15) is 25.0 Å². The second-order valence-corrected chi connectivity index (χ2v) is 7.72. The van der Waals surface area contributed by atoms with E-state index in [1.54, 1.807) is 0 Å². The van der Waals surface area contributed by atoms with Crippen molar-refractivity contribution in [3.8, 4) is 0 Å². The van der Waals surface area contributed by atoms with Gasteiger partial charge in [-0.1, -0.05) is 60.7 Å². The van der Waals surface area contributed by atoms with Crippen molar-refractivity contribution < 1.29 is 23.9 Å². The summed E-state index contributed by atoms with van der Waals surface area (Å²) in [5.41, 5.74) is 0.204. The maximum absolute atomic E-state index is 13.3. The van der Waals surface area contributed by atoms with Crippen LogP contribution in [0.3, 0.4) is 0 Å². The molecule has 0 unspecified atom stereocenters. The number of cyclic esters (lactones) is 1. The second kappa shape index (κ2) is 7.29. The van der Waals surface area contributed by atoms with E-state index in [1.807, 2.05) is 60.7 Å². The van der Waals surface area contributed by atoms with Crippen molar-refractivity contribution in [3.05, 3.63) is 71.8 Å². The van der Waals surface area contributed by atoms with Gasteiger partial charge in [0.05, 0.1) is 13.1 Å². The van der Waals surface area contributed by atoms with E-state index >= 15 is 0 Å². The molecule has 2 saturated heterocycles. The molecule has 2 aromatic carbocycles. The second-order valence-electron chi connectivity index (χ2n) is 7.72. The standard InChI is InChI=1S/C22H21N3O5/c1-22(2)20(28)25(21(29)30-22)17-18(26)23(13-15-9-5-3-6-10-15)24(19(17)27)14-16-11-7-4-8-12-16/h3-12,17H,13-14H2,1-2H3. The summed E-state index contributed by atoms with van der Waals surface area (Å²) in [4.78, 5) is 52.2. The molecule has 8 nitrogen and oxygen atoms in total. The molecular formula is C22H21N3O5. The molecule has 30 heavy (non-hydrogen) atoms. The highest BCUT2D eigenvalue weighted by Gasteiger charge is 2.59. The lowest BCUT2D eigenvalue weighted by atomic mass is 10.1. The Morgan fingerprint density at radius 1 is 0.767 bits per heavy atom. The molecule has 154 valence electrons. The highest BCUT2D eigenvalue weighted by atomic mass is 16.6. The average molecular weight is 407 g/mol. The summed E-state index contributed by atoms with van der Waals surface area (Å²) in [6, 6.07) is 16.8. The summed E-state index contributed by atoms with van der Waals surface area (Å²) in [5, 5.41) is 2.59. The van der Waals surface area contributed by atoms with Crippen LogP contribution in [0, 0.1) is 0 Å². The number of nitrogens with zero attached hydrogens (tertiary/aromatic N) is 3. The number of rotatable bonds is 5. The number of amides is 4. The first kappa shape index (κ1) is 19.6. The van der Waals surface area contributed by atoms with Gasteiger partial charge in [-0.05, 0) is 25.0 Å². The van der Waals surface area contributed by atoms with Crippen LogP contribution in [0.4, 0.5) is 4.79 Å². The fourth-order valence-corrected chi connectivity index (χ4v) is 3.59. The first-order valence-electron chi connectivity index (χ1n) is 9.57. The molecule has 2 aromatic rings.